The maximum atomic E-state index is 9.28. The summed E-state index contributed by atoms with van der Waals surface area (Å²) in [5.41, 5.74) is 0. The van der Waals surface area contributed by atoms with E-state index in [1.54, 1.807) is 0 Å². The maximum Gasteiger partial charge on any atom is 0.0827 e. The van der Waals surface area contributed by atoms with E-state index in [4.69, 9.17) is 0 Å². The lowest BCUT2D eigenvalue weighted by molar-refractivity contribution is 0.308. The lowest BCUT2D eigenvalue weighted by atomic mass is 10.1. The average molecular weight is 335 g/mol. The molecule has 0 atom stereocenters. The van der Waals surface area contributed by atoms with Crippen LogP contribution in [0.2, 0.25) is 0 Å². The zero-order valence-electron chi connectivity index (χ0n) is 14.8. The second-order valence-corrected chi connectivity index (χ2v) is 11.1. The minimum atomic E-state index is -1.32. The lowest BCUT2D eigenvalue weighted by Gasteiger charge is -2.25. The molecule has 0 saturated heterocycles. The van der Waals surface area contributed by atoms with Crippen molar-refractivity contribution in [3.05, 3.63) is 0 Å². The van der Waals surface area contributed by atoms with Crippen LogP contribution in [0, 0.1) is 0 Å². The fourth-order valence-electron chi connectivity index (χ4n) is 3.24. The summed E-state index contributed by atoms with van der Waals surface area (Å²) in [6, 6.07) is 0. The molecule has 0 aromatic carbocycles. The molecule has 0 bridgehead atoms. The number of hydrogen-bond donors (Lipinski definition) is 3. The van der Waals surface area contributed by atoms with Gasteiger partial charge in [-0.1, -0.05) is 58.3 Å². The van der Waals surface area contributed by atoms with Crippen LogP contribution in [0.3, 0.4) is 0 Å². The van der Waals surface area contributed by atoms with E-state index in [0.29, 0.717) is 0 Å². The molecular weight excluding hydrogens is 295 g/mol. The Morgan fingerprint density at radius 1 is 0.500 bits per heavy atom. The molecule has 0 rings (SSSR count). The molecule has 0 saturated carbocycles. The first-order valence-corrected chi connectivity index (χ1v) is 12.0. The summed E-state index contributed by atoms with van der Waals surface area (Å²) >= 11 is 0. The molecule has 0 radical (unpaired) electrons. The van der Waals surface area contributed by atoms with Crippen molar-refractivity contribution in [3.8, 4) is 0 Å². The molecule has 22 heavy (non-hydrogen) atoms. The molecule has 134 valence electrons. The zero-order valence-corrected chi connectivity index (χ0v) is 15.7. The normalized spacial score (nSPS) is 12.0. The molecule has 0 heterocycles. The molecule has 0 fully saturated rings. The first-order valence-electron chi connectivity index (χ1n) is 9.42. The van der Waals surface area contributed by atoms with Crippen molar-refractivity contribution in [1.82, 2.24) is 0 Å². The Morgan fingerprint density at radius 3 is 1.23 bits per heavy atom. The standard InChI is InChI=1S/C18H40O3P/c1-2-3-4-5-6-7-8-9-10-11-15-22(16-12-19,17-13-20)18-14-21/h19-21H,2-18H2,1H3/q+1. The van der Waals surface area contributed by atoms with Crippen molar-refractivity contribution in [2.45, 2.75) is 71.1 Å². The summed E-state index contributed by atoms with van der Waals surface area (Å²) in [5, 5.41) is 27.8. The smallest absolute Gasteiger partial charge is 0.0827 e. The molecule has 0 aliphatic carbocycles. The van der Waals surface area contributed by atoms with E-state index in [2.05, 4.69) is 6.92 Å². The Bertz CT molecular complexity index is 207. The van der Waals surface area contributed by atoms with Crippen LogP contribution in [0.1, 0.15) is 71.1 Å². The lowest BCUT2D eigenvalue weighted by Crippen LogP contribution is -2.18. The van der Waals surface area contributed by atoms with Crippen LogP contribution in [-0.4, -0.2) is 59.8 Å². The third kappa shape index (κ3) is 11.8. The predicted octanol–water partition coefficient (Wildman–Crippen LogP) is 3.90. The molecule has 0 spiro atoms. The van der Waals surface area contributed by atoms with E-state index >= 15 is 0 Å². The Morgan fingerprint density at radius 2 is 0.864 bits per heavy atom. The van der Waals surface area contributed by atoms with Gasteiger partial charge < -0.3 is 15.3 Å². The monoisotopic (exact) mass is 335 g/mol. The van der Waals surface area contributed by atoms with Crippen LogP contribution in [0.25, 0.3) is 0 Å². The molecule has 0 aliphatic rings. The fraction of sp³-hybridized carbons (Fsp3) is 1.00. The Labute approximate surface area is 138 Å². The van der Waals surface area contributed by atoms with Gasteiger partial charge in [-0.2, -0.15) is 0 Å². The maximum absolute atomic E-state index is 9.28. The second-order valence-electron chi connectivity index (χ2n) is 6.59. The largest absolute Gasteiger partial charge is 0.393 e. The van der Waals surface area contributed by atoms with Crippen molar-refractivity contribution >= 4 is 7.26 Å². The molecule has 0 aromatic heterocycles. The minimum absolute atomic E-state index is 0.200. The highest BCUT2D eigenvalue weighted by atomic mass is 31.2. The summed E-state index contributed by atoms with van der Waals surface area (Å²) in [5.74, 6) is 0. The highest BCUT2D eigenvalue weighted by molar-refractivity contribution is 7.75. The van der Waals surface area contributed by atoms with Crippen molar-refractivity contribution in [2.75, 3.05) is 44.5 Å². The Kier molecular flexibility index (Phi) is 16.4. The third-order valence-electron chi connectivity index (χ3n) is 4.71. The van der Waals surface area contributed by atoms with Gasteiger partial charge in [-0.25, -0.2) is 0 Å². The van der Waals surface area contributed by atoms with Gasteiger partial charge >= 0.3 is 0 Å². The first-order chi connectivity index (χ1) is 10.7. The van der Waals surface area contributed by atoms with Crippen LogP contribution in [0.4, 0.5) is 0 Å². The quantitative estimate of drug-likeness (QED) is 0.279. The van der Waals surface area contributed by atoms with Gasteiger partial charge in [0, 0.05) is 7.26 Å². The highest BCUT2D eigenvalue weighted by Crippen LogP contribution is 2.58. The van der Waals surface area contributed by atoms with Crippen molar-refractivity contribution in [3.63, 3.8) is 0 Å². The van der Waals surface area contributed by atoms with Gasteiger partial charge in [-0.3, -0.25) is 0 Å². The van der Waals surface area contributed by atoms with E-state index in [1.165, 1.54) is 64.2 Å². The van der Waals surface area contributed by atoms with Gasteiger partial charge in [0.2, 0.25) is 0 Å². The van der Waals surface area contributed by atoms with Gasteiger partial charge in [0.05, 0.1) is 44.5 Å². The zero-order chi connectivity index (χ0) is 16.5. The molecule has 3 N–H and O–H groups in total. The van der Waals surface area contributed by atoms with E-state index < -0.39 is 7.26 Å². The van der Waals surface area contributed by atoms with Gasteiger partial charge in [0.25, 0.3) is 0 Å². The van der Waals surface area contributed by atoms with E-state index in [9.17, 15) is 15.3 Å². The van der Waals surface area contributed by atoms with Crippen LogP contribution >= 0.6 is 7.26 Å². The van der Waals surface area contributed by atoms with Gasteiger partial charge in [0.15, 0.2) is 0 Å². The Balaban J connectivity index is 3.70. The Hall–Kier alpha value is 0.310. The number of hydrogen-bond acceptors (Lipinski definition) is 3. The van der Waals surface area contributed by atoms with Crippen LogP contribution in [-0.2, 0) is 0 Å². The van der Waals surface area contributed by atoms with E-state index in [-0.39, 0.29) is 19.8 Å². The predicted molar refractivity (Wildman–Crippen MR) is 99.5 cm³/mol. The van der Waals surface area contributed by atoms with Crippen molar-refractivity contribution in [1.29, 1.82) is 0 Å². The summed E-state index contributed by atoms with van der Waals surface area (Å²) in [6.45, 7) is 2.86. The molecular formula is C18H40O3P+. The summed E-state index contributed by atoms with van der Waals surface area (Å²) in [7, 11) is -1.32. The molecule has 3 nitrogen and oxygen atoms in total. The van der Waals surface area contributed by atoms with Crippen LogP contribution in [0.15, 0.2) is 0 Å². The molecule has 0 amide bonds. The van der Waals surface area contributed by atoms with Crippen molar-refractivity contribution in [2.24, 2.45) is 0 Å². The van der Waals surface area contributed by atoms with Crippen molar-refractivity contribution < 1.29 is 15.3 Å². The number of rotatable bonds is 17. The van der Waals surface area contributed by atoms with Gasteiger partial charge in [-0.15, -0.1) is 0 Å². The first kappa shape index (κ1) is 22.3. The summed E-state index contributed by atoms with van der Waals surface area (Å²) in [4.78, 5) is 0. The minimum Gasteiger partial charge on any atom is -0.393 e. The molecule has 4 heteroatoms. The third-order valence-corrected chi connectivity index (χ3v) is 9.42. The topological polar surface area (TPSA) is 60.7 Å². The van der Waals surface area contributed by atoms with Gasteiger partial charge in [-0.05, 0) is 12.8 Å². The average Bonchev–Trinajstić information content (AvgIpc) is 2.50. The highest BCUT2D eigenvalue weighted by Gasteiger charge is 2.34. The number of aliphatic hydroxyl groups is 3. The molecule has 0 unspecified atom stereocenters. The number of aliphatic hydroxyl groups excluding tert-OH is 3. The van der Waals surface area contributed by atoms with Crippen LogP contribution < -0.4 is 0 Å². The van der Waals surface area contributed by atoms with E-state index in [1.807, 2.05) is 0 Å². The summed E-state index contributed by atoms with van der Waals surface area (Å²) < 4.78 is 0. The SMILES string of the molecule is CCCCCCCCCCCC[P+](CCO)(CCO)CCO. The molecule has 0 aliphatic heterocycles. The second kappa shape index (κ2) is 16.2. The molecule has 0 aromatic rings. The van der Waals surface area contributed by atoms with Gasteiger partial charge in [0.1, 0.15) is 0 Å². The fourth-order valence-corrected chi connectivity index (χ4v) is 6.75. The van der Waals surface area contributed by atoms with E-state index in [0.717, 1.165) is 24.6 Å². The van der Waals surface area contributed by atoms with Crippen LogP contribution in [0.5, 0.6) is 0 Å². The summed E-state index contributed by atoms with van der Waals surface area (Å²) in [6.07, 6.45) is 16.9. The number of unbranched alkanes of at least 4 members (excludes halogenated alkanes) is 9.